The zero-order valence-electron chi connectivity index (χ0n) is 9.23. The average Bonchev–Trinajstić information content (AvgIpc) is 2.76. The Morgan fingerprint density at radius 3 is 3.00 bits per heavy atom. The van der Waals surface area contributed by atoms with E-state index in [0.717, 1.165) is 29.9 Å². The molecule has 0 unspecified atom stereocenters. The van der Waals surface area contributed by atoms with E-state index in [1.807, 2.05) is 30.6 Å². The lowest BCUT2D eigenvalue weighted by Gasteiger charge is -2.07. The van der Waals surface area contributed by atoms with Crippen molar-refractivity contribution in [1.29, 1.82) is 0 Å². The highest BCUT2D eigenvalue weighted by atomic mass is 32.1. The SMILES string of the molecule is Cc1cc(NCCc2nccs2)ccc1N. The molecule has 1 heterocycles. The number of nitrogens with zero attached hydrogens (tertiary/aromatic N) is 1. The van der Waals surface area contributed by atoms with Gasteiger partial charge in [0.15, 0.2) is 0 Å². The van der Waals surface area contributed by atoms with Crippen LogP contribution in [0.5, 0.6) is 0 Å². The van der Waals surface area contributed by atoms with Crippen LogP contribution in [0.4, 0.5) is 11.4 Å². The average molecular weight is 233 g/mol. The summed E-state index contributed by atoms with van der Waals surface area (Å²) >= 11 is 1.69. The maximum absolute atomic E-state index is 5.76. The summed E-state index contributed by atoms with van der Waals surface area (Å²) in [6.45, 7) is 2.91. The first-order valence-electron chi connectivity index (χ1n) is 5.24. The van der Waals surface area contributed by atoms with Crippen molar-refractivity contribution in [3.05, 3.63) is 40.3 Å². The number of nitrogen functional groups attached to an aromatic ring is 1. The predicted octanol–water partition coefficient (Wildman–Crippen LogP) is 2.69. The van der Waals surface area contributed by atoms with Crippen LogP contribution in [0.3, 0.4) is 0 Å². The molecule has 0 amide bonds. The van der Waals surface area contributed by atoms with E-state index < -0.39 is 0 Å². The first-order valence-corrected chi connectivity index (χ1v) is 6.12. The Morgan fingerprint density at radius 1 is 1.44 bits per heavy atom. The van der Waals surface area contributed by atoms with Gasteiger partial charge < -0.3 is 11.1 Å². The topological polar surface area (TPSA) is 50.9 Å². The Bertz CT molecular complexity index is 451. The number of nitrogens with two attached hydrogens (primary N) is 1. The lowest BCUT2D eigenvalue weighted by molar-refractivity contribution is 0.998. The smallest absolute Gasteiger partial charge is 0.0942 e. The third-order valence-corrected chi connectivity index (χ3v) is 3.26. The van der Waals surface area contributed by atoms with Gasteiger partial charge in [-0.15, -0.1) is 11.3 Å². The summed E-state index contributed by atoms with van der Waals surface area (Å²) in [5.74, 6) is 0. The lowest BCUT2D eigenvalue weighted by atomic mass is 10.2. The maximum atomic E-state index is 5.76. The second-order valence-corrected chi connectivity index (χ2v) is 4.65. The summed E-state index contributed by atoms with van der Waals surface area (Å²) in [5.41, 5.74) is 8.82. The molecule has 0 saturated carbocycles. The molecule has 1 aromatic heterocycles. The van der Waals surface area contributed by atoms with Gasteiger partial charge in [0.1, 0.15) is 0 Å². The molecule has 0 saturated heterocycles. The number of hydrogen-bond donors (Lipinski definition) is 2. The zero-order chi connectivity index (χ0) is 11.4. The van der Waals surface area contributed by atoms with E-state index in [0.29, 0.717) is 0 Å². The molecule has 0 bridgehead atoms. The first kappa shape index (κ1) is 11.0. The molecule has 0 aliphatic carbocycles. The Hall–Kier alpha value is -1.55. The third-order valence-electron chi connectivity index (χ3n) is 2.42. The molecule has 84 valence electrons. The van der Waals surface area contributed by atoms with Gasteiger partial charge in [0, 0.05) is 35.9 Å². The number of thiazole rings is 1. The number of aromatic nitrogens is 1. The van der Waals surface area contributed by atoms with Crippen LogP contribution in [0.1, 0.15) is 10.6 Å². The molecule has 3 N–H and O–H groups in total. The summed E-state index contributed by atoms with van der Waals surface area (Å²) < 4.78 is 0. The van der Waals surface area contributed by atoms with Crippen molar-refractivity contribution in [2.75, 3.05) is 17.6 Å². The molecule has 1 aromatic carbocycles. The summed E-state index contributed by atoms with van der Waals surface area (Å²) in [4.78, 5) is 4.24. The monoisotopic (exact) mass is 233 g/mol. The van der Waals surface area contributed by atoms with E-state index in [1.165, 1.54) is 5.01 Å². The van der Waals surface area contributed by atoms with Gasteiger partial charge in [-0.1, -0.05) is 0 Å². The van der Waals surface area contributed by atoms with Gasteiger partial charge in [0.2, 0.25) is 0 Å². The van der Waals surface area contributed by atoms with Crippen LogP contribution in [0.2, 0.25) is 0 Å². The summed E-state index contributed by atoms with van der Waals surface area (Å²) in [6, 6.07) is 6.00. The Kier molecular flexibility index (Phi) is 3.41. The Balaban J connectivity index is 1.87. The van der Waals surface area contributed by atoms with Crippen molar-refractivity contribution in [2.45, 2.75) is 13.3 Å². The molecule has 3 nitrogen and oxygen atoms in total. The molecule has 16 heavy (non-hydrogen) atoms. The van der Waals surface area contributed by atoms with Gasteiger partial charge in [-0.05, 0) is 30.7 Å². The molecule has 0 fully saturated rings. The van der Waals surface area contributed by atoms with Gasteiger partial charge in [0.25, 0.3) is 0 Å². The molecule has 0 aliphatic heterocycles. The predicted molar refractivity (Wildman–Crippen MR) is 69.9 cm³/mol. The van der Waals surface area contributed by atoms with Gasteiger partial charge in [-0.3, -0.25) is 0 Å². The van der Waals surface area contributed by atoms with E-state index in [-0.39, 0.29) is 0 Å². The van der Waals surface area contributed by atoms with Crippen molar-refractivity contribution >= 4 is 22.7 Å². The standard InChI is InChI=1S/C12H15N3S/c1-9-8-10(2-3-11(9)13)14-5-4-12-15-6-7-16-12/h2-3,6-8,14H,4-5,13H2,1H3. The van der Waals surface area contributed by atoms with Gasteiger partial charge in [0.05, 0.1) is 5.01 Å². The number of rotatable bonds is 4. The fourth-order valence-corrected chi connectivity index (χ4v) is 2.10. The van der Waals surface area contributed by atoms with Crippen molar-refractivity contribution in [3.8, 4) is 0 Å². The second-order valence-electron chi connectivity index (χ2n) is 3.67. The molecule has 2 rings (SSSR count). The van der Waals surface area contributed by atoms with E-state index in [2.05, 4.69) is 16.4 Å². The molecule has 2 aromatic rings. The minimum atomic E-state index is 0.838. The quantitative estimate of drug-likeness (QED) is 0.798. The van der Waals surface area contributed by atoms with Crippen molar-refractivity contribution in [2.24, 2.45) is 0 Å². The van der Waals surface area contributed by atoms with Crippen LogP contribution >= 0.6 is 11.3 Å². The third kappa shape index (κ3) is 2.73. The Morgan fingerprint density at radius 2 is 2.31 bits per heavy atom. The summed E-state index contributed by atoms with van der Waals surface area (Å²) in [7, 11) is 0. The fourth-order valence-electron chi connectivity index (χ4n) is 1.48. The minimum absolute atomic E-state index is 0.838. The van der Waals surface area contributed by atoms with Crippen LogP contribution in [0.15, 0.2) is 29.8 Å². The number of anilines is 2. The van der Waals surface area contributed by atoms with Crippen molar-refractivity contribution < 1.29 is 0 Å². The minimum Gasteiger partial charge on any atom is -0.399 e. The maximum Gasteiger partial charge on any atom is 0.0942 e. The summed E-state index contributed by atoms with van der Waals surface area (Å²) in [5, 5.41) is 6.53. The van der Waals surface area contributed by atoms with Crippen molar-refractivity contribution in [1.82, 2.24) is 4.98 Å². The molecule has 0 aliphatic rings. The van der Waals surface area contributed by atoms with E-state index in [4.69, 9.17) is 5.73 Å². The molecule has 0 spiro atoms. The molecular formula is C12H15N3S. The fraction of sp³-hybridized carbons (Fsp3) is 0.250. The zero-order valence-corrected chi connectivity index (χ0v) is 10.1. The molecule has 4 heteroatoms. The van der Waals surface area contributed by atoms with Crippen LogP contribution in [-0.2, 0) is 6.42 Å². The number of nitrogens with one attached hydrogen (secondary N) is 1. The van der Waals surface area contributed by atoms with Crippen LogP contribution < -0.4 is 11.1 Å². The number of hydrogen-bond acceptors (Lipinski definition) is 4. The highest BCUT2D eigenvalue weighted by Crippen LogP contribution is 2.16. The summed E-state index contributed by atoms with van der Waals surface area (Å²) in [6.07, 6.45) is 2.80. The number of benzene rings is 1. The van der Waals surface area contributed by atoms with Crippen LogP contribution in [0, 0.1) is 6.92 Å². The normalized spacial score (nSPS) is 10.3. The van der Waals surface area contributed by atoms with Crippen LogP contribution in [0.25, 0.3) is 0 Å². The highest BCUT2D eigenvalue weighted by Gasteiger charge is 1.98. The van der Waals surface area contributed by atoms with E-state index in [1.54, 1.807) is 11.3 Å². The lowest BCUT2D eigenvalue weighted by Crippen LogP contribution is -2.05. The Labute approximate surface area is 99.3 Å². The van der Waals surface area contributed by atoms with Crippen LogP contribution in [-0.4, -0.2) is 11.5 Å². The van der Waals surface area contributed by atoms with Gasteiger partial charge in [-0.25, -0.2) is 4.98 Å². The molecular weight excluding hydrogens is 218 g/mol. The second kappa shape index (κ2) is 4.99. The molecule has 0 atom stereocenters. The highest BCUT2D eigenvalue weighted by molar-refractivity contribution is 7.09. The first-order chi connectivity index (χ1) is 7.75. The number of aryl methyl sites for hydroxylation is 1. The molecule has 0 radical (unpaired) electrons. The van der Waals surface area contributed by atoms with Gasteiger partial charge in [-0.2, -0.15) is 0 Å². The van der Waals surface area contributed by atoms with E-state index >= 15 is 0 Å². The largest absolute Gasteiger partial charge is 0.399 e. The van der Waals surface area contributed by atoms with Crippen molar-refractivity contribution in [3.63, 3.8) is 0 Å². The van der Waals surface area contributed by atoms with E-state index in [9.17, 15) is 0 Å². The van der Waals surface area contributed by atoms with Gasteiger partial charge >= 0.3 is 0 Å².